The van der Waals surface area contributed by atoms with E-state index >= 15 is 0 Å². The summed E-state index contributed by atoms with van der Waals surface area (Å²) in [7, 11) is -7.32. The Hall–Kier alpha value is -2.79. The van der Waals surface area contributed by atoms with Crippen molar-refractivity contribution >= 4 is 31.5 Å². The van der Waals surface area contributed by atoms with Crippen LogP contribution in [0.3, 0.4) is 0 Å². The van der Waals surface area contributed by atoms with Gasteiger partial charge in [0.15, 0.2) is 0 Å². The Kier molecular flexibility index (Phi) is 10.4. The predicted molar refractivity (Wildman–Crippen MR) is 163 cm³/mol. The highest BCUT2D eigenvalue weighted by molar-refractivity contribution is 7.93. The lowest BCUT2D eigenvalue weighted by Gasteiger charge is -2.33. The molecule has 1 aliphatic heterocycles. The van der Waals surface area contributed by atoms with Gasteiger partial charge in [0, 0.05) is 25.9 Å². The van der Waals surface area contributed by atoms with Crippen molar-refractivity contribution in [3.05, 3.63) is 48.0 Å². The summed E-state index contributed by atoms with van der Waals surface area (Å²) in [4.78, 5) is 14.1. The van der Waals surface area contributed by atoms with Crippen molar-refractivity contribution in [1.29, 1.82) is 4.78 Å². The molecule has 1 amide bonds. The van der Waals surface area contributed by atoms with E-state index in [-0.39, 0.29) is 40.0 Å². The van der Waals surface area contributed by atoms with E-state index in [1.807, 2.05) is 53.7 Å². The van der Waals surface area contributed by atoms with Crippen LogP contribution in [-0.4, -0.2) is 61.7 Å². The number of rotatable bonds is 10. The maximum atomic E-state index is 13.9. The highest BCUT2D eigenvalue weighted by atomic mass is 32.2. The van der Waals surface area contributed by atoms with Crippen molar-refractivity contribution in [2.45, 2.75) is 76.2 Å². The minimum Gasteiger partial charge on any atom is -0.492 e. The summed E-state index contributed by atoms with van der Waals surface area (Å²) in [6.45, 7) is 13.1. The molecule has 0 radical (unpaired) electrons. The fraction of sp³-hybridized carbons (Fsp3) is 0.567. The number of anilines is 1. The summed E-state index contributed by atoms with van der Waals surface area (Å²) in [6.07, 6.45) is 3.21. The molecule has 2 aromatic rings. The molecule has 0 saturated carbocycles. The highest BCUT2D eigenvalue weighted by Crippen LogP contribution is 2.32. The van der Waals surface area contributed by atoms with Crippen LogP contribution in [0.15, 0.2) is 52.3 Å². The predicted octanol–water partition coefficient (Wildman–Crippen LogP) is 6.16. The van der Waals surface area contributed by atoms with E-state index in [4.69, 9.17) is 14.3 Å². The molecule has 1 unspecified atom stereocenters. The molecular formula is C30H45N3O6S2. The van der Waals surface area contributed by atoms with Gasteiger partial charge in [0.2, 0.25) is 0 Å². The Morgan fingerprint density at radius 1 is 1.07 bits per heavy atom. The van der Waals surface area contributed by atoms with Gasteiger partial charge in [-0.25, -0.2) is 22.2 Å². The number of nitrogens with one attached hydrogen (secondary N) is 1. The molecule has 1 atom stereocenters. The molecule has 2 aromatic carbocycles. The van der Waals surface area contributed by atoms with Crippen LogP contribution in [0.2, 0.25) is 0 Å². The largest absolute Gasteiger partial charge is 0.492 e. The first-order valence-electron chi connectivity index (χ1n) is 14.1. The number of benzene rings is 2. The van der Waals surface area contributed by atoms with E-state index < -0.39 is 25.4 Å². The summed E-state index contributed by atoms with van der Waals surface area (Å²) < 4.78 is 61.9. The molecule has 1 fully saturated rings. The summed E-state index contributed by atoms with van der Waals surface area (Å²) in [6, 6.07) is 11.7. The van der Waals surface area contributed by atoms with Crippen molar-refractivity contribution in [2.24, 2.45) is 11.8 Å². The quantitative estimate of drug-likeness (QED) is 0.346. The van der Waals surface area contributed by atoms with E-state index in [1.165, 1.54) is 28.8 Å². The SMILES string of the molecule is CCc1ccc(N(CC(C)C)S(=O)(=O)c2ccc(OCC3CCN(C(=O)OC(C)(C)C)CC3)c(S(C)(=N)=O)c2)cc1. The molecule has 9 nitrogen and oxygen atoms in total. The Labute approximate surface area is 246 Å². The monoisotopic (exact) mass is 607 g/mol. The minimum atomic E-state index is -4.01. The second-order valence-electron chi connectivity index (χ2n) is 12.1. The van der Waals surface area contributed by atoms with Crippen LogP contribution in [0.1, 0.15) is 59.9 Å². The fourth-order valence-electron chi connectivity index (χ4n) is 4.59. The summed E-state index contributed by atoms with van der Waals surface area (Å²) in [5.74, 6) is 0.450. The Bertz CT molecular complexity index is 1410. The number of likely N-dealkylation sites (tertiary alicyclic amines) is 1. The van der Waals surface area contributed by atoms with Crippen LogP contribution in [0.25, 0.3) is 0 Å². The average molecular weight is 608 g/mol. The van der Waals surface area contributed by atoms with Gasteiger partial charge in [0.05, 0.1) is 31.8 Å². The van der Waals surface area contributed by atoms with E-state index in [0.717, 1.165) is 12.0 Å². The zero-order valence-electron chi connectivity index (χ0n) is 25.3. The number of carbonyl (C=O) groups is 1. The van der Waals surface area contributed by atoms with Gasteiger partial charge in [-0.1, -0.05) is 32.9 Å². The molecule has 1 saturated heterocycles. The lowest BCUT2D eigenvalue weighted by molar-refractivity contribution is 0.0164. The van der Waals surface area contributed by atoms with Crippen LogP contribution in [-0.2, 0) is 30.9 Å². The smallest absolute Gasteiger partial charge is 0.410 e. The van der Waals surface area contributed by atoms with Gasteiger partial charge in [-0.2, -0.15) is 0 Å². The van der Waals surface area contributed by atoms with Crippen LogP contribution >= 0.6 is 0 Å². The first-order chi connectivity index (χ1) is 19.0. The number of piperidine rings is 1. The number of amides is 1. The maximum Gasteiger partial charge on any atom is 0.410 e. The Morgan fingerprint density at radius 3 is 2.20 bits per heavy atom. The van der Waals surface area contributed by atoms with Gasteiger partial charge in [0.1, 0.15) is 11.4 Å². The molecular weight excluding hydrogens is 562 g/mol. The highest BCUT2D eigenvalue weighted by Gasteiger charge is 2.30. The number of nitrogens with zero attached hydrogens (tertiary/aromatic N) is 2. The van der Waals surface area contributed by atoms with Gasteiger partial charge < -0.3 is 14.4 Å². The lowest BCUT2D eigenvalue weighted by Crippen LogP contribution is -2.42. The normalized spacial score (nSPS) is 16.3. The number of hydrogen-bond donors (Lipinski definition) is 1. The number of ether oxygens (including phenoxy) is 2. The number of sulfonamides is 1. The summed E-state index contributed by atoms with van der Waals surface area (Å²) in [5, 5.41) is 0. The van der Waals surface area contributed by atoms with Gasteiger partial charge in [-0.15, -0.1) is 0 Å². The molecule has 0 bridgehead atoms. The van der Waals surface area contributed by atoms with Crippen molar-refractivity contribution in [1.82, 2.24) is 4.90 Å². The maximum absolute atomic E-state index is 13.9. The second kappa shape index (κ2) is 13.0. The van der Waals surface area contributed by atoms with E-state index in [0.29, 0.717) is 38.2 Å². The zero-order chi connectivity index (χ0) is 30.6. The molecule has 0 aliphatic carbocycles. The first-order valence-corrected chi connectivity index (χ1v) is 17.5. The minimum absolute atomic E-state index is 0.0347. The van der Waals surface area contributed by atoms with E-state index in [2.05, 4.69) is 0 Å². The summed E-state index contributed by atoms with van der Waals surface area (Å²) in [5.41, 5.74) is 1.11. The number of hydrogen-bond acceptors (Lipinski definition) is 7. The third kappa shape index (κ3) is 8.85. The molecule has 3 rings (SSSR count). The number of carbonyl (C=O) groups excluding carboxylic acids is 1. The third-order valence-corrected chi connectivity index (χ3v) is 9.78. The zero-order valence-corrected chi connectivity index (χ0v) is 26.9. The van der Waals surface area contributed by atoms with E-state index in [9.17, 15) is 17.4 Å². The number of aryl methyl sites for hydroxylation is 1. The lowest BCUT2D eigenvalue weighted by atomic mass is 9.98. The third-order valence-electron chi connectivity index (χ3n) is 6.83. The standard InChI is InChI=1S/C30H45N3O6S2/c1-8-23-9-11-25(12-10-23)33(20-22(2)3)41(36,37)26-13-14-27(28(19-26)40(7,31)35)38-21-24-15-17-32(18-16-24)29(34)39-30(4,5)6/h9-14,19,22,24,31H,8,15-18,20-21H2,1-7H3. The molecule has 1 aliphatic rings. The molecule has 0 aromatic heterocycles. The van der Waals surface area contributed by atoms with Crippen LogP contribution in [0.5, 0.6) is 5.75 Å². The molecule has 0 spiro atoms. The van der Waals surface area contributed by atoms with Gasteiger partial charge in [-0.05, 0) is 87.8 Å². The van der Waals surface area contributed by atoms with Crippen LogP contribution in [0, 0.1) is 16.6 Å². The van der Waals surface area contributed by atoms with Crippen molar-refractivity contribution in [2.75, 3.05) is 36.8 Å². The van der Waals surface area contributed by atoms with Crippen LogP contribution in [0.4, 0.5) is 10.5 Å². The summed E-state index contributed by atoms with van der Waals surface area (Å²) >= 11 is 0. The second-order valence-corrected chi connectivity index (χ2v) is 16.1. The average Bonchev–Trinajstić information content (AvgIpc) is 2.89. The molecule has 1 heterocycles. The van der Waals surface area contributed by atoms with Gasteiger partial charge >= 0.3 is 6.09 Å². The molecule has 1 N–H and O–H groups in total. The molecule has 11 heteroatoms. The fourth-order valence-corrected chi connectivity index (χ4v) is 7.18. The van der Waals surface area contributed by atoms with Crippen molar-refractivity contribution in [3.63, 3.8) is 0 Å². The van der Waals surface area contributed by atoms with Crippen LogP contribution < -0.4 is 9.04 Å². The van der Waals surface area contributed by atoms with Crippen molar-refractivity contribution in [3.8, 4) is 5.75 Å². The molecule has 41 heavy (non-hydrogen) atoms. The topological polar surface area (TPSA) is 117 Å². The van der Waals surface area contributed by atoms with Gasteiger partial charge in [-0.3, -0.25) is 4.31 Å². The Morgan fingerprint density at radius 2 is 1.68 bits per heavy atom. The van der Waals surface area contributed by atoms with Gasteiger partial charge in [0.25, 0.3) is 10.0 Å². The first kappa shape index (κ1) is 32.7. The van der Waals surface area contributed by atoms with E-state index in [1.54, 1.807) is 17.0 Å². The Balaban J connectivity index is 1.80. The van der Waals surface area contributed by atoms with Crippen molar-refractivity contribution < 1.29 is 26.9 Å². The molecule has 228 valence electrons.